The fourth-order valence-electron chi connectivity index (χ4n) is 3.37. The molecule has 0 aromatic carbocycles. The maximum absolute atomic E-state index is 12.3. The van der Waals surface area contributed by atoms with Crippen molar-refractivity contribution < 1.29 is 14.7 Å². The lowest BCUT2D eigenvalue weighted by Gasteiger charge is -2.35. The van der Waals surface area contributed by atoms with Crippen LogP contribution in [0, 0.1) is 5.92 Å². The number of aliphatic carboxylic acids is 1. The highest BCUT2D eigenvalue weighted by molar-refractivity contribution is 5.75. The first-order valence-electron chi connectivity index (χ1n) is 7.77. The molecule has 0 aromatic rings. The lowest BCUT2D eigenvalue weighted by molar-refractivity contribution is -0.137. The Morgan fingerprint density at radius 3 is 2.40 bits per heavy atom. The maximum Gasteiger partial charge on any atom is 0.317 e. The Kier molecular flexibility index (Phi) is 4.89. The topological polar surface area (TPSA) is 69.6 Å². The summed E-state index contributed by atoms with van der Waals surface area (Å²) in [6.07, 6.45) is 7.40. The van der Waals surface area contributed by atoms with E-state index in [1.54, 1.807) is 0 Å². The first-order valence-corrected chi connectivity index (χ1v) is 7.77. The van der Waals surface area contributed by atoms with E-state index >= 15 is 0 Å². The van der Waals surface area contributed by atoms with Gasteiger partial charge in [-0.05, 0) is 44.9 Å². The molecule has 1 aliphatic carbocycles. The van der Waals surface area contributed by atoms with Crippen LogP contribution in [0.25, 0.3) is 0 Å². The number of nitrogens with one attached hydrogen (secondary N) is 1. The lowest BCUT2D eigenvalue weighted by Crippen LogP contribution is -2.52. The third-order valence-electron chi connectivity index (χ3n) is 4.78. The predicted octanol–water partition coefficient (Wildman–Crippen LogP) is 2.61. The van der Waals surface area contributed by atoms with Gasteiger partial charge >= 0.3 is 12.0 Å². The van der Waals surface area contributed by atoms with E-state index in [1.807, 2.05) is 4.90 Å². The van der Waals surface area contributed by atoms with Crippen molar-refractivity contribution >= 4 is 12.0 Å². The Hall–Kier alpha value is -1.26. The molecule has 1 heterocycles. The number of carboxylic acid groups (broad SMARTS) is 1. The fourth-order valence-corrected chi connectivity index (χ4v) is 3.37. The normalized spacial score (nSPS) is 22.8. The van der Waals surface area contributed by atoms with Gasteiger partial charge in [-0.3, -0.25) is 4.79 Å². The van der Waals surface area contributed by atoms with Crippen molar-refractivity contribution in [3.63, 3.8) is 0 Å². The Bertz CT molecular complexity index is 356. The van der Waals surface area contributed by atoms with E-state index in [1.165, 1.54) is 12.8 Å². The molecule has 20 heavy (non-hydrogen) atoms. The number of nitrogens with zero attached hydrogens (tertiary/aromatic N) is 1. The lowest BCUT2D eigenvalue weighted by atomic mass is 9.92. The van der Waals surface area contributed by atoms with Crippen molar-refractivity contribution in [3.8, 4) is 0 Å². The number of likely N-dealkylation sites (tertiary alicyclic amines) is 1. The molecule has 2 N–H and O–H groups in total. The quantitative estimate of drug-likeness (QED) is 0.832. The summed E-state index contributed by atoms with van der Waals surface area (Å²) in [6.45, 7) is 3.65. The maximum atomic E-state index is 12.3. The van der Waals surface area contributed by atoms with Gasteiger partial charge in [0, 0.05) is 25.0 Å². The monoisotopic (exact) mass is 282 g/mol. The molecule has 2 fully saturated rings. The van der Waals surface area contributed by atoms with Gasteiger partial charge in [0.1, 0.15) is 0 Å². The molecule has 2 rings (SSSR count). The van der Waals surface area contributed by atoms with Crippen molar-refractivity contribution in [2.45, 2.75) is 63.8 Å². The van der Waals surface area contributed by atoms with Crippen LogP contribution < -0.4 is 5.32 Å². The molecule has 2 amide bonds. The van der Waals surface area contributed by atoms with Crippen LogP contribution in [0.1, 0.15) is 58.3 Å². The molecule has 0 spiro atoms. The second kappa shape index (κ2) is 6.46. The van der Waals surface area contributed by atoms with E-state index in [0.717, 1.165) is 45.2 Å². The summed E-state index contributed by atoms with van der Waals surface area (Å²) in [4.78, 5) is 24.7. The number of amides is 2. The van der Waals surface area contributed by atoms with Crippen LogP contribution >= 0.6 is 0 Å². The van der Waals surface area contributed by atoms with Gasteiger partial charge in [-0.1, -0.05) is 12.8 Å². The van der Waals surface area contributed by atoms with Gasteiger partial charge in [0.2, 0.25) is 0 Å². The van der Waals surface area contributed by atoms with E-state index in [9.17, 15) is 9.59 Å². The van der Waals surface area contributed by atoms with Gasteiger partial charge in [0.15, 0.2) is 0 Å². The number of hydrogen-bond donors (Lipinski definition) is 2. The number of carbonyl (C=O) groups excluding carboxylic acids is 1. The van der Waals surface area contributed by atoms with Crippen molar-refractivity contribution in [2.24, 2.45) is 5.92 Å². The molecule has 1 saturated carbocycles. The van der Waals surface area contributed by atoms with E-state index in [4.69, 9.17) is 5.11 Å². The molecule has 5 nitrogen and oxygen atoms in total. The van der Waals surface area contributed by atoms with Gasteiger partial charge in [0.25, 0.3) is 0 Å². The largest absolute Gasteiger partial charge is 0.481 e. The third-order valence-corrected chi connectivity index (χ3v) is 4.78. The summed E-state index contributed by atoms with van der Waals surface area (Å²) >= 11 is 0. The molecule has 1 saturated heterocycles. The molecule has 0 unspecified atom stereocenters. The van der Waals surface area contributed by atoms with Gasteiger partial charge < -0.3 is 15.3 Å². The van der Waals surface area contributed by atoms with E-state index in [2.05, 4.69) is 12.2 Å². The highest BCUT2D eigenvalue weighted by atomic mass is 16.4. The first kappa shape index (κ1) is 15.1. The summed E-state index contributed by atoms with van der Waals surface area (Å²) < 4.78 is 0. The summed E-state index contributed by atoms with van der Waals surface area (Å²) in [5, 5.41) is 11.9. The Balaban J connectivity index is 1.73. The summed E-state index contributed by atoms with van der Waals surface area (Å²) in [6, 6.07) is 0.0612. The van der Waals surface area contributed by atoms with Crippen LogP contribution in [-0.2, 0) is 4.79 Å². The highest BCUT2D eigenvalue weighted by Gasteiger charge is 2.32. The van der Waals surface area contributed by atoms with Gasteiger partial charge in [-0.2, -0.15) is 0 Å². The fraction of sp³-hybridized carbons (Fsp3) is 0.867. The third kappa shape index (κ3) is 4.12. The average molecular weight is 282 g/mol. The summed E-state index contributed by atoms with van der Waals surface area (Å²) in [5.74, 6) is -0.267. The smallest absolute Gasteiger partial charge is 0.317 e. The number of carboxylic acids is 1. The number of rotatable bonds is 4. The minimum Gasteiger partial charge on any atom is -0.481 e. The second-order valence-corrected chi connectivity index (χ2v) is 6.56. The van der Waals surface area contributed by atoms with Crippen molar-refractivity contribution in [1.29, 1.82) is 0 Å². The van der Waals surface area contributed by atoms with Crippen LogP contribution in [0.4, 0.5) is 4.79 Å². The number of carbonyl (C=O) groups is 2. The first-order chi connectivity index (χ1) is 9.48. The Labute approximate surface area is 120 Å². The van der Waals surface area contributed by atoms with E-state index in [-0.39, 0.29) is 18.0 Å². The van der Waals surface area contributed by atoms with Gasteiger partial charge in [-0.15, -0.1) is 0 Å². The van der Waals surface area contributed by atoms with Crippen LogP contribution in [0.2, 0.25) is 0 Å². The van der Waals surface area contributed by atoms with E-state index in [0.29, 0.717) is 5.92 Å². The van der Waals surface area contributed by atoms with Crippen LogP contribution in [0.3, 0.4) is 0 Å². The average Bonchev–Trinajstić information content (AvgIpc) is 2.83. The van der Waals surface area contributed by atoms with Crippen molar-refractivity contribution in [2.75, 3.05) is 13.1 Å². The number of urea groups is 1. The molecule has 1 aliphatic heterocycles. The summed E-state index contributed by atoms with van der Waals surface area (Å²) in [5.41, 5.74) is -0.0166. The van der Waals surface area contributed by atoms with Gasteiger partial charge in [-0.25, -0.2) is 4.79 Å². The van der Waals surface area contributed by atoms with Crippen molar-refractivity contribution in [1.82, 2.24) is 10.2 Å². The molecule has 0 aromatic heterocycles. The molecular weight excluding hydrogens is 256 g/mol. The second-order valence-electron chi connectivity index (χ2n) is 6.56. The van der Waals surface area contributed by atoms with E-state index < -0.39 is 5.97 Å². The standard InChI is InChI=1S/C15H26N2O3/c1-15(8-2-3-9-15)16-14(20)17-10-6-12(7-11-17)4-5-13(18)19/h12H,2-11H2,1H3,(H,16,20)(H,18,19). The molecular formula is C15H26N2O3. The summed E-state index contributed by atoms with van der Waals surface area (Å²) in [7, 11) is 0. The number of hydrogen-bond acceptors (Lipinski definition) is 2. The minimum atomic E-state index is -0.723. The zero-order valence-electron chi connectivity index (χ0n) is 12.4. The molecule has 0 radical (unpaired) electrons. The molecule has 2 aliphatic rings. The van der Waals surface area contributed by atoms with Crippen LogP contribution in [0.15, 0.2) is 0 Å². The molecule has 5 heteroatoms. The SMILES string of the molecule is CC1(NC(=O)N2CCC(CCC(=O)O)CC2)CCCC1. The minimum absolute atomic E-state index is 0.0166. The molecule has 0 bridgehead atoms. The van der Waals surface area contributed by atoms with Crippen LogP contribution in [-0.4, -0.2) is 40.6 Å². The molecule has 0 atom stereocenters. The number of piperidine rings is 1. The predicted molar refractivity (Wildman–Crippen MR) is 76.6 cm³/mol. The van der Waals surface area contributed by atoms with Crippen LogP contribution in [0.5, 0.6) is 0 Å². The highest BCUT2D eigenvalue weighted by Crippen LogP contribution is 2.29. The Morgan fingerprint density at radius 2 is 1.85 bits per heavy atom. The van der Waals surface area contributed by atoms with Crippen molar-refractivity contribution in [3.05, 3.63) is 0 Å². The van der Waals surface area contributed by atoms with Gasteiger partial charge in [0.05, 0.1) is 0 Å². The Morgan fingerprint density at radius 1 is 1.25 bits per heavy atom. The zero-order chi connectivity index (χ0) is 14.6. The molecule has 114 valence electrons. The zero-order valence-corrected chi connectivity index (χ0v) is 12.4.